The first-order valence-corrected chi connectivity index (χ1v) is 5.21. The molecule has 4 heteroatoms. The second-order valence-corrected chi connectivity index (χ2v) is 3.54. The zero-order valence-corrected chi connectivity index (χ0v) is 9.17. The maximum Gasteiger partial charge on any atom is 0.197 e. The minimum Gasteiger partial charge on any atom is -0.453 e. The van der Waals surface area contributed by atoms with E-state index >= 15 is 0 Å². The zero-order valence-electron chi connectivity index (χ0n) is 9.17. The molecule has 0 unspecified atom stereocenters. The van der Waals surface area contributed by atoms with Crippen molar-refractivity contribution in [1.29, 1.82) is 0 Å². The van der Waals surface area contributed by atoms with Crippen molar-refractivity contribution < 1.29 is 18.0 Å². The third kappa shape index (κ3) is 2.11. The molecule has 0 fully saturated rings. The maximum absolute atomic E-state index is 13.4. The minimum atomic E-state index is -0.713. The number of halogens is 2. The molecular formula is C13H10F2O2. The molecule has 1 aromatic carbocycles. The highest BCUT2D eigenvalue weighted by molar-refractivity contribution is 5.93. The summed E-state index contributed by atoms with van der Waals surface area (Å²) in [4.78, 5) is 11.3. The first-order chi connectivity index (χ1) is 8.13. The Hall–Kier alpha value is -1.97. The van der Waals surface area contributed by atoms with E-state index in [9.17, 15) is 13.6 Å². The highest BCUT2D eigenvalue weighted by Gasteiger charge is 2.16. The van der Waals surface area contributed by atoms with E-state index in [0.29, 0.717) is 0 Å². The Morgan fingerprint density at radius 2 is 1.82 bits per heavy atom. The molecule has 0 saturated heterocycles. The van der Waals surface area contributed by atoms with Crippen LogP contribution in [0.4, 0.5) is 8.78 Å². The van der Waals surface area contributed by atoms with Crippen LogP contribution in [0.3, 0.4) is 0 Å². The van der Waals surface area contributed by atoms with E-state index in [-0.39, 0.29) is 29.3 Å². The van der Waals surface area contributed by atoms with E-state index in [1.54, 1.807) is 6.92 Å². The first kappa shape index (κ1) is 11.5. The number of carbonyl (C=O) groups excluding carboxylic acids is 1. The van der Waals surface area contributed by atoms with Gasteiger partial charge < -0.3 is 4.42 Å². The van der Waals surface area contributed by atoms with Crippen LogP contribution in [0.2, 0.25) is 0 Å². The second kappa shape index (κ2) is 4.49. The molecule has 0 saturated carbocycles. The summed E-state index contributed by atoms with van der Waals surface area (Å²) in [5, 5.41) is 0. The van der Waals surface area contributed by atoms with Crippen molar-refractivity contribution in [2.75, 3.05) is 0 Å². The molecular weight excluding hydrogens is 226 g/mol. The van der Waals surface area contributed by atoms with Crippen LogP contribution in [0, 0.1) is 11.6 Å². The molecule has 0 bridgehead atoms. The molecule has 88 valence electrons. The molecule has 0 N–H and O–H groups in total. The number of ketones is 1. The fourth-order valence-electron chi connectivity index (χ4n) is 1.53. The summed E-state index contributed by atoms with van der Waals surface area (Å²) < 4.78 is 32.0. The Balaban J connectivity index is 2.47. The van der Waals surface area contributed by atoms with Crippen LogP contribution in [0.1, 0.15) is 23.9 Å². The standard InChI is InChI=1S/C13H10F2O2/c1-2-10(16)11-6-7-12(17-11)13-8(14)4-3-5-9(13)15/h3-7H,2H2,1H3. The van der Waals surface area contributed by atoms with Crippen molar-refractivity contribution in [2.24, 2.45) is 0 Å². The summed E-state index contributed by atoms with van der Waals surface area (Å²) in [5.74, 6) is -1.49. The van der Waals surface area contributed by atoms with E-state index in [2.05, 4.69) is 0 Å². The van der Waals surface area contributed by atoms with Crippen molar-refractivity contribution in [3.8, 4) is 11.3 Å². The number of hydrogen-bond acceptors (Lipinski definition) is 2. The van der Waals surface area contributed by atoms with Gasteiger partial charge in [-0.2, -0.15) is 0 Å². The predicted octanol–water partition coefficient (Wildman–Crippen LogP) is 3.82. The highest BCUT2D eigenvalue weighted by Crippen LogP contribution is 2.27. The van der Waals surface area contributed by atoms with E-state index < -0.39 is 11.6 Å². The molecule has 0 amide bonds. The van der Waals surface area contributed by atoms with Crippen LogP contribution in [0.5, 0.6) is 0 Å². The Morgan fingerprint density at radius 3 is 2.41 bits per heavy atom. The molecule has 2 nitrogen and oxygen atoms in total. The summed E-state index contributed by atoms with van der Waals surface area (Å²) in [7, 11) is 0. The molecule has 0 aliphatic rings. The normalized spacial score (nSPS) is 10.5. The van der Waals surface area contributed by atoms with Gasteiger partial charge in [0.2, 0.25) is 0 Å². The van der Waals surface area contributed by atoms with Crippen LogP contribution in [-0.2, 0) is 0 Å². The number of Topliss-reactive ketones (excluding diaryl/α,β-unsaturated/α-hetero) is 1. The topological polar surface area (TPSA) is 30.2 Å². The molecule has 0 aliphatic heterocycles. The fourth-order valence-corrected chi connectivity index (χ4v) is 1.53. The van der Waals surface area contributed by atoms with E-state index in [1.807, 2.05) is 0 Å². The number of rotatable bonds is 3. The second-order valence-electron chi connectivity index (χ2n) is 3.54. The number of hydrogen-bond donors (Lipinski definition) is 0. The molecule has 1 aromatic heterocycles. The summed E-state index contributed by atoms with van der Waals surface area (Å²) in [6.45, 7) is 1.69. The number of benzene rings is 1. The molecule has 17 heavy (non-hydrogen) atoms. The first-order valence-electron chi connectivity index (χ1n) is 5.21. The fraction of sp³-hybridized carbons (Fsp3) is 0.154. The van der Waals surface area contributed by atoms with Crippen molar-refractivity contribution in [1.82, 2.24) is 0 Å². The molecule has 1 heterocycles. The molecule has 2 aromatic rings. The third-order valence-electron chi connectivity index (χ3n) is 2.41. The Kier molecular flexibility index (Phi) is 3.04. The summed E-state index contributed by atoms with van der Waals surface area (Å²) in [5.41, 5.74) is -0.248. The summed E-state index contributed by atoms with van der Waals surface area (Å²) >= 11 is 0. The Morgan fingerprint density at radius 1 is 1.18 bits per heavy atom. The number of carbonyl (C=O) groups is 1. The third-order valence-corrected chi connectivity index (χ3v) is 2.41. The van der Waals surface area contributed by atoms with Gasteiger partial charge in [-0.05, 0) is 24.3 Å². The minimum absolute atomic E-state index is 0.0254. The Bertz CT molecular complexity index is 538. The van der Waals surface area contributed by atoms with Gasteiger partial charge in [-0.25, -0.2) is 8.78 Å². The lowest BCUT2D eigenvalue weighted by atomic mass is 10.1. The largest absolute Gasteiger partial charge is 0.453 e. The lowest BCUT2D eigenvalue weighted by molar-refractivity contribution is 0.0962. The van der Waals surface area contributed by atoms with E-state index in [4.69, 9.17) is 4.42 Å². The average Bonchev–Trinajstić information content (AvgIpc) is 2.77. The van der Waals surface area contributed by atoms with Crippen molar-refractivity contribution in [2.45, 2.75) is 13.3 Å². The van der Waals surface area contributed by atoms with Crippen LogP contribution >= 0.6 is 0 Å². The van der Waals surface area contributed by atoms with Gasteiger partial charge in [-0.3, -0.25) is 4.79 Å². The van der Waals surface area contributed by atoms with Crippen LogP contribution < -0.4 is 0 Å². The average molecular weight is 236 g/mol. The van der Waals surface area contributed by atoms with Gasteiger partial charge in [0.1, 0.15) is 17.4 Å². The highest BCUT2D eigenvalue weighted by atomic mass is 19.1. The SMILES string of the molecule is CCC(=O)c1ccc(-c2c(F)cccc2F)o1. The molecule has 0 radical (unpaired) electrons. The van der Waals surface area contributed by atoms with Gasteiger partial charge in [0.25, 0.3) is 0 Å². The van der Waals surface area contributed by atoms with Crippen molar-refractivity contribution >= 4 is 5.78 Å². The van der Waals surface area contributed by atoms with Crippen LogP contribution in [-0.4, -0.2) is 5.78 Å². The summed E-state index contributed by atoms with van der Waals surface area (Å²) in [6.07, 6.45) is 0.284. The maximum atomic E-state index is 13.4. The monoisotopic (exact) mass is 236 g/mol. The lowest BCUT2D eigenvalue weighted by Crippen LogP contribution is -1.93. The van der Waals surface area contributed by atoms with Crippen molar-refractivity contribution in [3.05, 3.63) is 47.7 Å². The zero-order chi connectivity index (χ0) is 12.4. The van der Waals surface area contributed by atoms with E-state index in [1.165, 1.54) is 18.2 Å². The van der Waals surface area contributed by atoms with Crippen LogP contribution in [0.15, 0.2) is 34.7 Å². The van der Waals surface area contributed by atoms with Crippen LogP contribution in [0.25, 0.3) is 11.3 Å². The van der Waals surface area contributed by atoms with Gasteiger partial charge in [-0.15, -0.1) is 0 Å². The van der Waals surface area contributed by atoms with Gasteiger partial charge in [-0.1, -0.05) is 13.0 Å². The van der Waals surface area contributed by atoms with Crippen molar-refractivity contribution in [3.63, 3.8) is 0 Å². The predicted molar refractivity (Wildman–Crippen MR) is 58.7 cm³/mol. The quantitative estimate of drug-likeness (QED) is 0.758. The molecule has 0 aliphatic carbocycles. The van der Waals surface area contributed by atoms with Gasteiger partial charge in [0, 0.05) is 6.42 Å². The Labute approximate surface area is 96.9 Å². The van der Waals surface area contributed by atoms with Gasteiger partial charge in [0.05, 0.1) is 5.56 Å². The smallest absolute Gasteiger partial charge is 0.197 e. The summed E-state index contributed by atoms with van der Waals surface area (Å²) in [6, 6.07) is 6.37. The van der Waals surface area contributed by atoms with Gasteiger partial charge >= 0.3 is 0 Å². The number of furan rings is 1. The molecule has 0 atom stereocenters. The molecule has 0 spiro atoms. The van der Waals surface area contributed by atoms with E-state index in [0.717, 1.165) is 12.1 Å². The molecule has 2 rings (SSSR count). The van der Waals surface area contributed by atoms with Gasteiger partial charge in [0.15, 0.2) is 11.5 Å². The lowest BCUT2D eigenvalue weighted by Gasteiger charge is -2.00.